The number of hydrogen-bond acceptors (Lipinski definition) is 6. The fourth-order valence-electron chi connectivity index (χ4n) is 2.83. The first-order valence-corrected chi connectivity index (χ1v) is 9.58. The van der Waals surface area contributed by atoms with Crippen molar-refractivity contribution in [1.82, 2.24) is 25.5 Å². The summed E-state index contributed by atoms with van der Waals surface area (Å²) in [6, 6.07) is 8.43. The first-order chi connectivity index (χ1) is 11.5. The smallest absolute Gasteiger partial charge is 0.249 e. The van der Waals surface area contributed by atoms with Crippen LogP contribution >= 0.6 is 0 Å². The third-order valence-corrected chi connectivity index (χ3v) is 5.88. The highest BCUT2D eigenvalue weighted by molar-refractivity contribution is 7.91. The Morgan fingerprint density at radius 2 is 1.92 bits per heavy atom. The second kappa shape index (κ2) is 6.68. The van der Waals surface area contributed by atoms with Gasteiger partial charge in [0, 0.05) is 6.04 Å². The van der Waals surface area contributed by atoms with E-state index < -0.39 is 15.9 Å². The number of tetrazole rings is 1. The third kappa shape index (κ3) is 3.61. The number of sulfone groups is 1. The minimum Gasteiger partial charge on any atom is -0.351 e. The number of benzene rings is 1. The van der Waals surface area contributed by atoms with Crippen LogP contribution in [-0.2, 0) is 14.6 Å². The van der Waals surface area contributed by atoms with Crippen molar-refractivity contribution >= 4 is 15.7 Å². The van der Waals surface area contributed by atoms with E-state index in [0.717, 1.165) is 5.56 Å². The molecule has 8 nitrogen and oxygen atoms in total. The molecule has 1 amide bonds. The Morgan fingerprint density at radius 1 is 1.25 bits per heavy atom. The number of carbonyl (C=O) groups excluding carboxylic acids is 1. The zero-order valence-electron chi connectivity index (χ0n) is 13.3. The van der Waals surface area contributed by atoms with Crippen LogP contribution in [0.25, 0.3) is 0 Å². The van der Waals surface area contributed by atoms with Crippen molar-refractivity contribution in [2.24, 2.45) is 0 Å². The van der Waals surface area contributed by atoms with E-state index >= 15 is 0 Å². The summed E-state index contributed by atoms with van der Waals surface area (Å²) in [6.45, 7) is 1.73. The average molecular weight is 349 g/mol. The zero-order valence-corrected chi connectivity index (χ0v) is 14.1. The number of carbonyl (C=O) groups is 1. The van der Waals surface area contributed by atoms with Gasteiger partial charge in [-0.1, -0.05) is 30.3 Å². The molecule has 1 fully saturated rings. The Morgan fingerprint density at radius 3 is 2.50 bits per heavy atom. The molecule has 0 spiro atoms. The van der Waals surface area contributed by atoms with E-state index in [4.69, 9.17) is 0 Å². The molecule has 1 atom stereocenters. The topological polar surface area (TPSA) is 107 Å². The van der Waals surface area contributed by atoms with Gasteiger partial charge < -0.3 is 5.32 Å². The number of nitrogens with one attached hydrogen (secondary N) is 1. The number of amides is 1. The number of rotatable bonds is 4. The maximum atomic E-state index is 12.8. The molecule has 1 N–H and O–H groups in total. The van der Waals surface area contributed by atoms with E-state index in [2.05, 4.69) is 20.8 Å². The van der Waals surface area contributed by atoms with Crippen molar-refractivity contribution in [1.29, 1.82) is 0 Å². The molecule has 1 aromatic heterocycles. The summed E-state index contributed by atoms with van der Waals surface area (Å²) >= 11 is 0. The minimum absolute atomic E-state index is 0.109. The van der Waals surface area contributed by atoms with Gasteiger partial charge in [-0.05, 0) is 35.8 Å². The summed E-state index contributed by atoms with van der Waals surface area (Å²) in [7, 11) is -2.96. The molecule has 9 heteroatoms. The summed E-state index contributed by atoms with van der Waals surface area (Å²) < 4.78 is 24.5. The zero-order chi connectivity index (χ0) is 17.2. The summed E-state index contributed by atoms with van der Waals surface area (Å²) in [6.07, 6.45) is 0.869. The lowest BCUT2D eigenvalue weighted by Gasteiger charge is -2.26. The molecule has 3 rings (SSSR count). The van der Waals surface area contributed by atoms with Crippen molar-refractivity contribution in [2.75, 3.05) is 11.5 Å². The van der Waals surface area contributed by atoms with Crippen LogP contribution in [-0.4, -0.2) is 52.1 Å². The van der Waals surface area contributed by atoms with Crippen LogP contribution in [0.4, 0.5) is 0 Å². The molecule has 0 radical (unpaired) electrons. The van der Waals surface area contributed by atoms with Gasteiger partial charge in [-0.15, -0.1) is 5.10 Å². The predicted octanol–water partition coefficient (Wildman–Crippen LogP) is 0.264. The molecule has 1 aliphatic rings. The van der Waals surface area contributed by atoms with Gasteiger partial charge in [-0.25, -0.2) is 13.1 Å². The molecule has 2 heterocycles. The Kier molecular flexibility index (Phi) is 4.61. The van der Waals surface area contributed by atoms with Crippen LogP contribution in [0.1, 0.15) is 30.3 Å². The molecule has 2 aromatic rings. The summed E-state index contributed by atoms with van der Waals surface area (Å²) in [5.41, 5.74) is 0.772. The number of hydrogen-bond donors (Lipinski definition) is 1. The van der Waals surface area contributed by atoms with Crippen molar-refractivity contribution in [3.8, 4) is 0 Å². The van der Waals surface area contributed by atoms with E-state index in [-0.39, 0.29) is 23.5 Å². The molecular formula is C15H19N5O3S. The lowest BCUT2D eigenvalue weighted by molar-refractivity contribution is -0.124. The quantitative estimate of drug-likeness (QED) is 0.849. The van der Waals surface area contributed by atoms with Crippen molar-refractivity contribution in [2.45, 2.75) is 31.8 Å². The molecule has 0 aliphatic carbocycles. The van der Waals surface area contributed by atoms with Crippen LogP contribution in [0.15, 0.2) is 30.3 Å². The Labute approximate surface area is 140 Å². The standard InChI is InChI=1S/C15H19N5O3S/c1-11-17-18-19-20(11)14(12-5-3-2-4-6-12)15(21)16-13-7-9-24(22,23)10-8-13/h2-6,13-14H,7-10H2,1H3,(H,16,21)/t14-/m1/s1. The van der Waals surface area contributed by atoms with Gasteiger partial charge in [0.2, 0.25) is 5.91 Å². The molecule has 128 valence electrons. The van der Waals surface area contributed by atoms with Gasteiger partial charge in [-0.2, -0.15) is 0 Å². The van der Waals surface area contributed by atoms with Crippen LogP contribution in [0.3, 0.4) is 0 Å². The monoisotopic (exact) mass is 349 g/mol. The number of nitrogens with zero attached hydrogens (tertiary/aromatic N) is 4. The second-order valence-electron chi connectivity index (χ2n) is 5.92. The first-order valence-electron chi connectivity index (χ1n) is 7.76. The Bertz CT molecular complexity index is 805. The van der Waals surface area contributed by atoms with Gasteiger partial charge in [0.05, 0.1) is 11.5 Å². The fourth-order valence-corrected chi connectivity index (χ4v) is 4.32. The maximum absolute atomic E-state index is 12.8. The summed E-state index contributed by atoms with van der Waals surface area (Å²) in [5, 5.41) is 14.4. The van der Waals surface area contributed by atoms with E-state index in [9.17, 15) is 13.2 Å². The number of aromatic nitrogens is 4. The molecule has 1 aromatic carbocycles. The van der Waals surface area contributed by atoms with Crippen LogP contribution in [0, 0.1) is 6.92 Å². The molecular weight excluding hydrogens is 330 g/mol. The van der Waals surface area contributed by atoms with Gasteiger partial charge in [0.15, 0.2) is 6.04 Å². The lowest BCUT2D eigenvalue weighted by atomic mass is 10.0. The predicted molar refractivity (Wildman–Crippen MR) is 87.0 cm³/mol. The third-order valence-electron chi connectivity index (χ3n) is 4.17. The minimum atomic E-state index is -2.96. The van der Waals surface area contributed by atoms with Gasteiger partial charge in [0.25, 0.3) is 0 Å². The molecule has 24 heavy (non-hydrogen) atoms. The molecule has 1 saturated heterocycles. The molecule has 0 unspecified atom stereocenters. The van der Waals surface area contributed by atoms with Crippen molar-refractivity contribution in [3.63, 3.8) is 0 Å². The Hall–Kier alpha value is -2.29. The SMILES string of the molecule is Cc1nnnn1[C@@H](C(=O)NC1CCS(=O)(=O)CC1)c1ccccc1. The van der Waals surface area contributed by atoms with E-state index in [0.29, 0.717) is 18.7 Å². The van der Waals surface area contributed by atoms with E-state index in [1.54, 1.807) is 6.92 Å². The van der Waals surface area contributed by atoms with E-state index in [1.165, 1.54) is 4.68 Å². The van der Waals surface area contributed by atoms with Crippen LogP contribution < -0.4 is 5.32 Å². The highest BCUT2D eigenvalue weighted by Crippen LogP contribution is 2.20. The average Bonchev–Trinajstić information content (AvgIpc) is 2.97. The molecule has 0 saturated carbocycles. The summed E-state index contributed by atoms with van der Waals surface area (Å²) in [5.74, 6) is 0.515. The second-order valence-corrected chi connectivity index (χ2v) is 8.22. The van der Waals surface area contributed by atoms with Crippen molar-refractivity contribution in [3.05, 3.63) is 41.7 Å². The van der Waals surface area contributed by atoms with Gasteiger partial charge in [0.1, 0.15) is 15.7 Å². The lowest BCUT2D eigenvalue weighted by Crippen LogP contribution is -2.44. The van der Waals surface area contributed by atoms with Gasteiger partial charge in [-0.3, -0.25) is 4.79 Å². The Balaban J connectivity index is 1.81. The van der Waals surface area contributed by atoms with Gasteiger partial charge >= 0.3 is 0 Å². The normalized spacial score (nSPS) is 18.9. The summed E-state index contributed by atoms with van der Waals surface area (Å²) in [4.78, 5) is 12.8. The van der Waals surface area contributed by atoms with Crippen LogP contribution in [0.2, 0.25) is 0 Å². The number of aryl methyl sites for hydroxylation is 1. The van der Waals surface area contributed by atoms with E-state index in [1.807, 2.05) is 30.3 Å². The molecule has 1 aliphatic heterocycles. The maximum Gasteiger partial charge on any atom is 0.249 e. The van der Waals surface area contributed by atoms with Crippen molar-refractivity contribution < 1.29 is 13.2 Å². The first kappa shape index (κ1) is 16.6. The van der Waals surface area contributed by atoms with Crippen LogP contribution in [0.5, 0.6) is 0 Å². The fraction of sp³-hybridized carbons (Fsp3) is 0.467. The highest BCUT2D eigenvalue weighted by Gasteiger charge is 2.30. The largest absolute Gasteiger partial charge is 0.351 e. The highest BCUT2D eigenvalue weighted by atomic mass is 32.2. The molecule has 0 bridgehead atoms.